The summed E-state index contributed by atoms with van der Waals surface area (Å²) < 4.78 is 38.0. The van der Waals surface area contributed by atoms with Crippen molar-refractivity contribution in [2.24, 2.45) is 0 Å². The molecule has 1 aromatic carbocycles. The summed E-state index contributed by atoms with van der Waals surface area (Å²) in [4.78, 5) is 11.4. The zero-order valence-electron chi connectivity index (χ0n) is 10.1. The number of nitrogens with one attached hydrogen (secondary N) is 2. The Kier molecular flexibility index (Phi) is 5.62. The van der Waals surface area contributed by atoms with Crippen molar-refractivity contribution >= 4 is 11.7 Å². The maximum atomic E-state index is 12.7. The van der Waals surface area contributed by atoms with Gasteiger partial charge in [0.05, 0.1) is 11.3 Å². The third kappa shape index (κ3) is 5.17. The number of aliphatic hydroxyl groups excluding tert-OH is 1. The second-order valence-electron chi connectivity index (χ2n) is 3.85. The standard InChI is InChI=1S/C12H15F3N2O2/c13-12(14,15)9-5-1-2-6-10(9)17-11(19)16-7-3-4-8-18/h1-2,5-6,18H,3-4,7-8H2,(H2,16,17,19). The van der Waals surface area contributed by atoms with E-state index >= 15 is 0 Å². The topological polar surface area (TPSA) is 61.4 Å². The molecular formula is C12H15F3N2O2. The van der Waals surface area contributed by atoms with Gasteiger partial charge in [0.1, 0.15) is 0 Å². The summed E-state index contributed by atoms with van der Waals surface area (Å²) >= 11 is 0. The minimum atomic E-state index is -4.51. The number of carbonyl (C=O) groups is 1. The van der Waals surface area contributed by atoms with Crippen molar-refractivity contribution in [3.05, 3.63) is 29.8 Å². The van der Waals surface area contributed by atoms with Gasteiger partial charge >= 0.3 is 12.2 Å². The lowest BCUT2D eigenvalue weighted by Gasteiger charge is -2.13. The average Bonchev–Trinajstić information content (AvgIpc) is 2.34. The fourth-order valence-electron chi connectivity index (χ4n) is 1.44. The van der Waals surface area contributed by atoms with Gasteiger partial charge in [-0.1, -0.05) is 12.1 Å². The van der Waals surface area contributed by atoms with Crippen LogP contribution in [-0.2, 0) is 6.18 Å². The van der Waals surface area contributed by atoms with Crippen LogP contribution in [0.4, 0.5) is 23.7 Å². The number of benzene rings is 1. The Bertz CT molecular complexity index is 422. The van der Waals surface area contributed by atoms with E-state index in [2.05, 4.69) is 10.6 Å². The quantitative estimate of drug-likeness (QED) is 0.724. The van der Waals surface area contributed by atoms with Gasteiger partial charge in [0.15, 0.2) is 0 Å². The van der Waals surface area contributed by atoms with Crippen LogP contribution >= 0.6 is 0 Å². The molecular weight excluding hydrogens is 261 g/mol. The Labute approximate surface area is 108 Å². The third-order valence-electron chi connectivity index (χ3n) is 2.35. The van der Waals surface area contributed by atoms with Crippen LogP contribution in [-0.4, -0.2) is 24.3 Å². The van der Waals surface area contributed by atoms with Crippen LogP contribution < -0.4 is 10.6 Å². The number of alkyl halides is 3. The Morgan fingerprint density at radius 2 is 1.89 bits per heavy atom. The van der Waals surface area contributed by atoms with Gasteiger partial charge in [0.2, 0.25) is 0 Å². The summed E-state index contributed by atoms with van der Waals surface area (Å²) in [6.07, 6.45) is -3.43. The van der Waals surface area contributed by atoms with Crippen LogP contribution in [0.1, 0.15) is 18.4 Å². The molecule has 2 amide bonds. The van der Waals surface area contributed by atoms with Gasteiger partial charge in [0.25, 0.3) is 0 Å². The Hall–Kier alpha value is -1.76. The van der Waals surface area contributed by atoms with E-state index < -0.39 is 17.8 Å². The number of rotatable bonds is 5. The minimum Gasteiger partial charge on any atom is -0.396 e. The van der Waals surface area contributed by atoms with Crippen LogP contribution in [0.5, 0.6) is 0 Å². The Morgan fingerprint density at radius 1 is 1.21 bits per heavy atom. The number of halogens is 3. The molecule has 0 saturated carbocycles. The number of hydrogen-bond donors (Lipinski definition) is 3. The molecule has 0 heterocycles. The largest absolute Gasteiger partial charge is 0.418 e. The van der Waals surface area contributed by atoms with Gasteiger partial charge in [0, 0.05) is 13.2 Å². The summed E-state index contributed by atoms with van der Waals surface area (Å²) in [5, 5.41) is 13.1. The summed E-state index contributed by atoms with van der Waals surface area (Å²) in [5.41, 5.74) is -1.17. The van der Waals surface area contributed by atoms with Gasteiger partial charge in [-0.15, -0.1) is 0 Å². The first kappa shape index (κ1) is 15.3. The predicted octanol–water partition coefficient (Wildman–Crippen LogP) is 2.60. The normalized spacial score (nSPS) is 11.2. The number of unbranched alkanes of at least 4 members (excludes halogenated alkanes) is 1. The fourth-order valence-corrected chi connectivity index (χ4v) is 1.44. The molecule has 1 rings (SSSR count). The van der Waals surface area contributed by atoms with Crippen molar-refractivity contribution in [3.8, 4) is 0 Å². The predicted molar refractivity (Wildman–Crippen MR) is 64.8 cm³/mol. The highest BCUT2D eigenvalue weighted by Crippen LogP contribution is 2.34. The van der Waals surface area contributed by atoms with E-state index in [-0.39, 0.29) is 12.3 Å². The van der Waals surface area contributed by atoms with E-state index in [9.17, 15) is 18.0 Å². The van der Waals surface area contributed by atoms with Crippen LogP contribution in [0.25, 0.3) is 0 Å². The third-order valence-corrected chi connectivity index (χ3v) is 2.35. The van der Waals surface area contributed by atoms with Gasteiger partial charge < -0.3 is 15.7 Å². The number of carbonyl (C=O) groups excluding carboxylic acids is 1. The van der Waals surface area contributed by atoms with Crippen LogP contribution in [0.3, 0.4) is 0 Å². The number of amides is 2. The number of aliphatic hydroxyl groups is 1. The van der Waals surface area contributed by atoms with Crippen molar-refractivity contribution in [1.82, 2.24) is 5.32 Å². The summed E-state index contributed by atoms with van der Waals surface area (Å²) in [5.74, 6) is 0. The van der Waals surface area contributed by atoms with Gasteiger partial charge in [-0.2, -0.15) is 13.2 Å². The molecule has 0 fully saturated rings. The number of hydrogen-bond acceptors (Lipinski definition) is 2. The number of para-hydroxylation sites is 1. The lowest BCUT2D eigenvalue weighted by molar-refractivity contribution is -0.136. The number of anilines is 1. The zero-order chi connectivity index (χ0) is 14.3. The van der Waals surface area contributed by atoms with Crippen LogP contribution in [0, 0.1) is 0 Å². The molecule has 4 nitrogen and oxygen atoms in total. The molecule has 106 valence electrons. The fraction of sp³-hybridized carbons (Fsp3) is 0.417. The van der Waals surface area contributed by atoms with Gasteiger partial charge in [-0.25, -0.2) is 4.79 Å². The lowest BCUT2D eigenvalue weighted by Crippen LogP contribution is -2.30. The van der Waals surface area contributed by atoms with E-state index in [1.165, 1.54) is 18.2 Å². The highest BCUT2D eigenvalue weighted by atomic mass is 19.4. The van der Waals surface area contributed by atoms with Crippen LogP contribution in [0.2, 0.25) is 0 Å². The SMILES string of the molecule is O=C(NCCCCO)Nc1ccccc1C(F)(F)F. The summed E-state index contributed by atoms with van der Waals surface area (Å²) in [6, 6.07) is 4.07. The molecule has 0 radical (unpaired) electrons. The molecule has 0 aliphatic heterocycles. The molecule has 0 unspecified atom stereocenters. The first-order valence-corrected chi connectivity index (χ1v) is 5.77. The van der Waals surface area contributed by atoms with E-state index in [1.807, 2.05) is 0 Å². The second kappa shape index (κ2) is 6.98. The highest BCUT2D eigenvalue weighted by Gasteiger charge is 2.33. The molecule has 0 spiro atoms. The van der Waals surface area contributed by atoms with E-state index in [4.69, 9.17) is 5.11 Å². The van der Waals surface area contributed by atoms with Crippen molar-refractivity contribution < 1.29 is 23.1 Å². The average molecular weight is 276 g/mol. The molecule has 0 aliphatic carbocycles. The molecule has 19 heavy (non-hydrogen) atoms. The molecule has 0 saturated heterocycles. The Morgan fingerprint density at radius 3 is 2.53 bits per heavy atom. The van der Waals surface area contributed by atoms with E-state index in [0.29, 0.717) is 19.4 Å². The maximum absolute atomic E-state index is 12.7. The van der Waals surface area contributed by atoms with Gasteiger partial charge in [-0.05, 0) is 25.0 Å². The first-order valence-electron chi connectivity index (χ1n) is 5.77. The smallest absolute Gasteiger partial charge is 0.396 e. The highest BCUT2D eigenvalue weighted by molar-refractivity contribution is 5.90. The molecule has 3 N–H and O–H groups in total. The maximum Gasteiger partial charge on any atom is 0.418 e. The monoisotopic (exact) mass is 276 g/mol. The van der Waals surface area contributed by atoms with E-state index in [1.54, 1.807) is 0 Å². The summed E-state index contributed by atoms with van der Waals surface area (Å²) in [6.45, 7) is 0.306. The first-order chi connectivity index (χ1) is 8.95. The zero-order valence-corrected chi connectivity index (χ0v) is 10.1. The number of urea groups is 1. The molecule has 0 bridgehead atoms. The van der Waals surface area contributed by atoms with Crippen molar-refractivity contribution in [2.45, 2.75) is 19.0 Å². The molecule has 0 aliphatic rings. The molecule has 1 aromatic rings. The Balaban J connectivity index is 2.59. The molecule has 0 aromatic heterocycles. The minimum absolute atomic E-state index is 0.0141. The summed E-state index contributed by atoms with van der Waals surface area (Å²) in [7, 11) is 0. The molecule has 7 heteroatoms. The van der Waals surface area contributed by atoms with Crippen molar-refractivity contribution in [2.75, 3.05) is 18.5 Å². The van der Waals surface area contributed by atoms with Crippen molar-refractivity contribution in [1.29, 1.82) is 0 Å². The molecule has 0 atom stereocenters. The van der Waals surface area contributed by atoms with E-state index in [0.717, 1.165) is 6.07 Å². The lowest BCUT2D eigenvalue weighted by atomic mass is 10.1. The van der Waals surface area contributed by atoms with Crippen LogP contribution in [0.15, 0.2) is 24.3 Å². The van der Waals surface area contributed by atoms with Gasteiger partial charge in [-0.3, -0.25) is 0 Å². The second-order valence-corrected chi connectivity index (χ2v) is 3.85. The van der Waals surface area contributed by atoms with Crippen molar-refractivity contribution in [3.63, 3.8) is 0 Å².